The van der Waals surface area contributed by atoms with Gasteiger partial charge in [0.15, 0.2) is 5.41 Å². The van der Waals surface area contributed by atoms with Gasteiger partial charge in [0.1, 0.15) is 5.75 Å². The second kappa shape index (κ2) is 3.96. The Morgan fingerprint density at radius 3 is 2.33 bits per heavy atom. The van der Waals surface area contributed by atoms with Crippen molar-refractivity contribution < 1.29 is 32.3 Å². The van der Waals surface area contributed by atoms with E-state index in [1.165, 1.54) is 6.07 Å². The number of carbonyl (C=O) groups is 3. The quantitative estimate of drug-likeness (QED) is 0.594. The van der Waals surface area contributed by atoms with Crippen molar-refractivity contribution in [1.29, 1.82) is 0 Å². The maximum absolute atomic E-state index is 12.2. The number of hydrogen-bond acceptors (Lipinski definition) is 4. The summed E-state index contributed by atoms with van der Waals surface area (Å²) < 4.78 is 40.5. The Morgan fingerprint density at radius 1 is 1.10 bits per heavy atom. The zero-order chi connectivity index (χ0) is 15.4. The molecule has 110 valence electrons. The molecule has 2 N–H and O–H groups in total. The normalized spacial score (nSPS) is 24.0. The van der Waals surface area contributed by atoms with Crippen LogP contribution in [-0.2, 0) is 19.8 Å². The molecule has 3 amide bonds. The van der Waals surface area contributed by atoms with Crippen molar-refractivity contribution in [2.24, 2.45) is 0 Å². The lowest BCUT2D eigenvalue weighted by Crippen LogP contribution is -2.41. The highest BCUT2D eigenvalue weighted by Gasteiger charge is 2.58. The van der Waals surface area contributed by atoms with E-state index >= 15 is 0 Å². The molecule has 9 heteroatoms. The number of hydrogen-bond donors (Lipinski definition) is 2. The van der Waals surface area contributed by atoms with Gasteiger partial charge in [0, 0.05) is 11.3 Å². The van der Waals surface area contributed by atoms with Gasteiger partial charge in [0.2, 0.25) is 17.7 Å². The van der Waals surface area contributed by atoms with Gasteiger partial charge in [-0.25, -0.2) is 0 Å². The first-order valence-corrected chi connectivity index (χ1v) is 5.78. The van der Waals surface area contributed by atoms with Crippen LogP contribution in [0.4, 0.5) is 18.9 Å². The van der Waals surface area contributed by atoms with Crippen LogP contribution in [0.3, 0.4) is 0 Å². The molecule has 1 atom stereocenters. The lowest BCUT2D eigenvalue weighted by atomic mass is 9.80. The zero-order valence-corrected chi connectivity index (χ0v) is 10.2. The number of alkyl halides is 3. The third-order valence-corrected chi connectivity index (χ3v) is 3.39. The average molecular weight is 300 g/mol. The minimum Gasteiger partial charge on any atom is -0.406 e. The van der Waals surface area contributed by atoms with Crippen LogP contribution in [0.15, 0.2) is 18.2 Å². The molecule has 0 bridgehead atoms. The predicted octanol–water partition coefficient (Wildman–Crippen LogP) is 0.822. The molecule has 0 saturated carbocycles. The van der Waals surface area contributed by atoms with Gasteiger partial charge >= 0.3 is 6.36 Å². The van der Waals surface area contributed by atoms with Gasteiger partial charge in [-0.1, -0.05) is 0 Å². The SMILES string of the molecule is O=C1CC2(C(=O)N1)C(=O)Nc1ccc(OC(F)(F)F)cc12. The van der Waals surface area contributed by atoms with Gasteiger partial charge in [-0.3, -0.25) is 19.7 Å². The number of benzene rings is 1. The number of ether oxygens (including phenoxy) is 1. The second-order valence-electron chi connectivity index (χ2n) is 4.67. The highest BCUT2D eigenvalue weighted by molar-refractivity contribution is 6.28. The van der Waals surface area contributed by atoms with Crippen molar-refractivity contribution in [3.63, 3.8) is 0 Å². The fourth-order valence-electron chi connectivity index (χ4n) is 2.53. The zero-order valence-electron chi connectivity index (χ0n) is 10.2. The number of imide groups is 1. The number of halogens is 3. The van der Waals surface area contributed by atoms with E-state index in [0.29, 0.717) is 0 Å². The molecule has 2 aliphatic heterocycles. The lowest BCUT2D eigenvalue weighted by Gasteiger charge is -2.17. The van der Waals surface area contributed by atoms with Gasteiger partial charge in [0.25, 0.3) is 0 Å². The molecule has 0 aromatic heterocycles. The van der Waals surface area contributed by atoms with Gasteiger partial charge in [0.05, 0.1) is 6.42 Å². The lowest BCUT2D eigenvalue weighted by molar-refractivity contribution is -0.274. The number of anilines is 1. The summed E-state index contributed by atoms with van der Waals surface area (Å²) in [5, 5.41) is 4.37. The van der Waals surface area contributed by atoms with E-state index in [0.717, 1.165) is 12.1 Å². The summed E-state index contributed by atoms with van der Waals surface area (Å²) in [7, 11) is 0. The van der Waals surface area contributed by atoms with Gasteiger partial charge in [-0.05, 0) is 18.2 Å². The first-order chi connectivity index (χ1) is 9.72. The molecule has 21 heavy (non-hydrogen) atoms. The first-order valence-electron chi connectivity index (χ1n) is 5.78. The average Bonchev–Trinajstić information content (AvgIpc) is 2.78. The number of nitrogens with one attached hydrogen (secondary N) is 2. The van der Waals surface area contributed by atoms with E-state index in [1.54, 1.807) is 0 Å². The minimum absolute atomic E-state index is 0.00222. The molecule has 0 radical (unpaired) electrons. The Hall–Kier alpha value is -2.58. The Morgan fingerprint density at radius 2 is 1.76 bits per heavy atom. The van der Waals surface area contributed by atoms with Crippen molar-refractivity contribution in [3.05, 3.63) is 23.8 Å². The number of amides is 3. The molecule has 1 unspecified atom stereocenters. The van der Waals surface area contributed by atoms with Crippen LogP contribution in [0.2, 0.25) is 0 Å². The van der Waals surface area contributed by atoms with Crippen LogP contribution in [0, 0.1) is 0 Å². The maximum Gasteiger partial charge on any atom is 0.573 e. The van der Waals surface area contributed by atoms with E-state index in [1.807, 2.05) is 5.32 Å². The van der Waals surface area contributed by atoms with Crippen LogP contribution in [0.1, 0.15) is 12.0 Å². The molecule has 2 aliphatic rings. The van der Waals surface area contributed by atoms with E-state index in [4.69, 9.17) is 0 Å². The highest BCUT2D eigenvalue weighted by atomic mass is 19.4. The third kappa shape index (κ3) is 1.92. The van der Waals surface area contributed by atoms with Gasteiger partial charge in [-0.2, -0.15) is 0 Å². The summed E-state index contributed by atoms with van der Waals surface area (Å²) in [6.07, 6.45) is -5.34. The molecule has 1 aromatic carbocycles. The maximum atomic E-state index is 12.2. The van der Waals surface area contributed by atoms with Crippen LogP contribution >= 0.6 is 0 Å². The molecule has 1 saturated heterocycles. The summed E-state index contributed by atoms with van der Waals surface area (Å²) in [4.78, 5) is 35.3. The van der Waals surface area contributed by atoms with E-state index in [2.05, 4.69) is 10.1 Å². The summed E-state index contributed by atoms with van der Waals surface area (Å²) in [6.45, 7) is 0. The number of fused-ring (bicyclic) bond motifs is 2. The fourth-order valence-corrected chi connectivity index (χ4v) is 2.53. The molecule has 1 spiro atoms. The van der Waals surface area contributed by atoms with Gasteiger partial charge in [-0.15, -0.1) is 13.2 Å². The molecular weight excluding hydrogens is 293 g/mol. The summed E-state index contributed by atoms with van der Waals surface area (Å²) in [6, 6.07) is 3.15. The van der Waals surface area contributed by atoms with Crippen molar-refractivity contribution in [3.8, 4) is 5.75 Å². The molecule has 1 aromatic rings. The summed E-state index contributed by atoms with van der Waals surface area (Å²) in [5.41, 5.74) is -1.64. The Bertz CT molecular complexity index is 686. The smallest absolute Gasteiger partial charge is 0.406 e. The van der Waals surface area contributed by atoms with E-state index in [-0.39, 0.29) is 11.3 Å². The largest absolute Gasteiger partial charge is 0.573 e. The Labute approximate surface area is 115 Å². The highest BCUT2D eigenvalue weighted by Crippen LogP contribution is 2.44. The van der Waals surface area contributed by atoms with Crippen LogP contribution in [-0.4, -0.2) is 24.1 Å². The monoisotopic (exact) mass is 300 g/mol. The fraction of sp³-hybridized carbons (Fsp3) is 0.250. The third-order valence-electron chi connectivity index (χ3n) is 3.39. The van der Waals surface area contributed by atoms with Crippen LogP contribution in [0.25, 0.3) is 0 Å². The Kier molecular flexibility index (Phi) is 2.53. The summed E-state index contributed by atoms with van der Waals surface area (Å²) >= 11 is 0. The van der Waals surface area contributed by atoms with Crippen molar-refractivity contribution >= 4 is 23.4 Å². The number of carbonyl (C=O) groups excluding carboxylic acids is 3. The van der Waals surface area contributed by atoms with E-state index < -0.39 is 41.7 Å². The van der Waals surface area contributed by atoms with Crippen LogP contribution < -0.4 is 15.4 Å². The summed E-state index contributed by atoms with van der Waals surface area (Å²) in [5.74, 6) is -2.83. The predicted molar refractivity (Wildman–Crippen MR) is 61.2 cm³/mol. The molecule has 0 aliphatic carbocycles. The molecule has 2 heterocycles. The van der Waals surface area contributed by atoms with Crippen molar-refractivity contribution in [1.82, 2.24) is 5.32 Å². The molecule has 1 fully saturated rings. The molecule has 3 rings (SSSR count). The molecule has 6 nitrogen and oxygen atoms in total. The van der Waals surface area contributed by atoms with Crippen molar-refractivity contribution in [2.45, 2.75) is 18.2 Å². The second-order valence-corrected chi connectivity index (χ2v) is 4.67. The van der Waals surface area contributed by atoms with E-state index in [9.17, 15) is 27.6 Å². The molecular formula is C12H7F3N2O4. The van der Waals surface area contributed by atoms with Crippen LogP contribution in [0.5, 0.6) is 5.75 Å². The standard InChI is InChI=1S/C12H7F3N2O4/c13-12(14,15)21-5-1-2-7-6(3-5)11(9(19)16-7)4-8(18)17-10(11)20/h1-3H,4H2,(H,16,19)(H,17,18,20). The first kappa shape index (κ1) is 13.4. The topological polar surface area (TPSA) is 84.5 Å². The van der Waals surface area contributed by atoms with Gasteiger partial charge < -0.3 is 10.1 Å². The minimum atomic E-state index is -4.90. The Balaban J connectivity index is 2.09. The van der Waals surface area contributed by atoms with Crippen molar-refractivity contribution in [2.75, 3.05) is 5.32 Å². The number of rotatable bonds is 1.